The van der Waals surface area contributed by atoms with E-state index < -0.39 is 17.5 Å². The highest BCUT2D eigenvalue weighted by atomic mass is 32.2. The van der Waals surface area contributed by atoms with Crippen molar-refractivity contribution in [3.8, 4) is 0 Å². The molecule has 0 radical (unpaired) electrons. The number of benzene rings is 1. The number of thioether (sulfide) groups is 1. The Bertz CT molecular complexity index is 478. The normalized spacial score (nSPS) is 18.2. The molecule has 2 rings (SSSR count). The molecule has 1 saturated heterocycles. The summed E-state index contributed by atoms with van der Waals surface area (Å²) in [4.78, 5) is 14.1. The van der Waals surface area contributed by atoms with E-state index in [-0.39, 0.29) is 11.6 Å². The van der Waals surface area contributed by atoms with Crippen LogP contribution in [0.4, 0.5) is 8.78 Å². The fraction of sp³-hybridized carbons (Fsp3) is 0.500. The minimum atomic E-state index is -1.08. The second kappa shape index (κ2) is 7.04. The van der Waals surface area contributed by atoms with Crippen molar-refractivity contribution < 1.29 is 18.3 Å². The van der Waals surface area contributed by atoms with Gasteiger partial charge in [-0.15, -0.1) is 0 Å². The van der Waals surface area contributed by atoms with Gasteiger partial charge in [0.15, 0.2) is 11.6 Å². The van der Waals surface area contributed by atoms with Gasteiger partial charge >= 0.3 is 0 Å². The van der Waals surface area contributed by atoms with E-state index in [1.165, 1.54) is 12.1 Å². The lowest BCUT2D eigenvalue weighted by atomic mass is 10.1. The molecule has 1 aliphatic heterocycles. The van der Waals surface area contributed by atoms with Gasteiger partial charge in [-0.3, -0.25) is 4.79 Å². The number of halogens is 2. The molecule has 1 amide bonds. The fourth-order valence-corrected chi connectivity index (χ4v) is 3.46. The Labute approximate surface area is 121 Å². The predicted molar refractivity (Wildman–Crippen MR) is 75.0 cm³/mol. The van der Waals surface area contributed by atoms with Crippen LogP contribution < -0.4 is 0 Å². The van der Waals surface area contributed by atoms with Crippen molar-refractivity contribution in [3.63, 3.8) is 0 Å². The molecule has 0 aromatic heterocycles. The Morgan fingerprint density at radius 2 is 2.30 bits per heavy atom. The van der Waals surface area contributed by atoms with Gasteiger partial charge in [-0.2, -0.15) is 11.8 Å². The molecule has 1 aliphatic rings. The van der Waals surface area contributed by atoms with Crippen molar-refractivity contribution in [1.82, 2.24) is 4.90 Å². The molecule has 110 valence electrons. The van der Waals surface area contributed by atoms with Gasteiger partial charge in [-0.25, -0.2) is 8.78 Å². The highest BCUT2D eigenvalue weighted by Crippen LogP contribution is 2.24. The van der Waals surface area contributed by atoms with E-state index in [2.05, 4.69) is 0 Å². The van der Waals surface area contributed by atoms with E-state index in [0.717, 1.165) is 24.0 Å². The van der Waals surface area contributed by atoms with Crippen LogP contribution in [0.2, 0.25) is 0 Å². The second-order valence-electron chi connectivity index (χ2n) is 4.61. The Morgan fingerprint density at radius 3 is 2.95 bits per heavy atom. The molecule has 0 aliphatic carbocycles. The van der Waals surface area contributed by atoms with Crippen LogP contribution in [0.1, 0.15) is 16.8 Å². The molecule has 6 heteroatoms. The van der Waals surface area contributed by atoms with E-state index in [4.69, 9.17) is 4.74 Å². The van der Waals surface area contributed by atoms with Gasteiger partial charge in [0.25, 0.3) is 5.91 Å². The number of amides is 1. The predicted octanol–water partition coefficient (Wildman–Crippen LogP) is 2.56. The molecule has 1 aromatic rings. The molecular weight excluding hydrogens is 284 g/mol. The van der Waals surface area contributed by atoms with E-state index in [1.54, 1.807) is 23.8 Å². The first kappa shape index (κ1) is 15.3. The fourth-order valence-electron chi connectivity index (χ4n) is 2.23. The molecule has 1 fully saturated rings. The van der Waals surface area contributed by atoms with E-state index in [0.29, 0.717) is 13.2 Å². The van der Waals surface area contributed by atoms with Crippen molar-refractivity contribution in [2.24, 2.45) is 0 Å². The van der Waals surface area contributed by atoms with Crippen molar-refractivity contribution in [2.75, 3.05) is 31.8 Å². The first-order valence-electron chi connectivity index (χ1n) is 6.46. The summed E-state index contributed by atoms with van der Waals surface area (Å²) in [5, 5.41) is 0. The SMILES string of the molecule is COCCN(C(=O)c1cccc(F)c1F)C1CCSC1. The number of ether oxygens (including phenoxy) is 1. The van der Waals surface area contributed by atoms with Crippen LogP contribution in [-0.2, 0) is 4.74 Å². The summed E-state index contributed by atoms with van der Waals surface area (Å²) in [5.74, 6) is -0.736. The smallest absolute Gasteiger partial charge is 0.257 e. The van der Waals surface area contributed by atoms with Crippen LogP contribution in [-0.4, -0.2) is 48.6 Å². The van der Waals surface area contributed by atoms with Crippen LogP contribution >= 0.6 is 11.8 Å². The summed E-state index contributed by atoms with van der Waals surface area (Å²) >= 11 is 1.76. The lowest BCUT2D eigenvalue weighted by Gasteiger charge is -2.28. The maximum Gasteiger partial charge on any atom is 0.257 e. The molecule has 1 heterocycles. The number of carbonyl (C=O) groups excluding carboxylic acids is 1. The summed E-state index contributed by atoms with van der Waals surface area (Å²) in [5.41, 5.74) is -0.210. The van der Waals surface area contributed by atoms with Gasteiger partial charge in [0, 0.05) is 25.4 Å². The number of rotatable bonds is 5. The van der Waals surface area contributed by atoms with Gasteiger partial charge < -0.3 is 9.64 Å². The first-order valence-corrected chi connectivity index (χ1v) is 7.62. The molecule has 0 bridgehead atoms. The molecule has 0 N–H and O–H groups in total. The third kappa shape index (κ3) is 3.30. The highest BCUT2D eigenvalue weighted by molar-refractivity contribution is 7.99. The molecule has 0 spiro atoms. The summed E-state index contributed by atoms with van der Waals surface area (Å²) in [6, 6.07) is 3.74. The van der Waals surface area contributed by atoms with Gasteiger partial charge in [-0.05, 0) is 24.3 Å². The molecule has 3 nitrogen and oxygen atoms in total. The summed E-state index contributed by atoms with van der Waals surface area (Å²) in [6.45, 7) is 0.764. The molecule has 1 unspecified atom stereocenters. The Kier molecular flexibility index (Phi) is 5.37. The summed E-state index contributed by atoms with van der Waals surface area (Å²) < 4.78 is 32.0. The topological polar surface area (TPSA) is 29.5 Å². The standard InChI is InChI=1S/C14H17F2NO2S/c1-19-7-6-17(10-5-8-20-9-10)14(18)11-3-2-4-12(15)13(11)16/h2-4,10H,5-9H2,1H3. The molecule has 1 atom stereocenters. The van der Waals surface area contributed by atoms with Gasteiger partial charge in [-0.1, -0.05) is 6.07 Å². The summed E-state index contributed by atoms with van der Waals surface area (Å²) in [6.07, 6.45) is 0.872. The van der Waals surface area contributed by atoms with Crippen LogP contribution in [0, 0.1) is 11.6 Å². The molecule has 1 aromatic carbocycles. The highest BCUT2D eigenvalue weighted by Gasteiger charge is 2.29. The largest absolute Gasteiger partial charge is 0.383 e. The molecular formula is C14H17F2NO2S. The van der Waals surface area contributed by atoms with E-state index >= 15 is 0 Å². The van der Waals surface area contributed by atoms with Gasteiger partial charge in [0.2, 0.25) is 0 Å². The van der Waals surface area contributed by atoms with Crippen LogP contribution in [0.15, 0.2) is 18.2 Å². The van der Waals surface area contributed by atoms with Crippen molar-refractivity contribution in [2.45, 2.75) is 12.5 Å². The van der Waals surface area contributed by atoms with Crippen LogP contribution in [0.3, 0.4) is 0 Å². The zero-order valence-corrected chi connectivity index (χ0v) is 12.1. The van der Waals surface area contributed by atoms with Crippen molar-refractivity contribution >= 4 is 17.7 Å². The van der Waals surface area contributed by atoms with Crippen LogP contribution in [0.5, 0.6) is 0 Å². The second-order valence-corrected chi connectivity index (χ2v) is 5.76. The number of carbonyl (C=O) groups is 1. The van der Waals surface area contributed by atoms with Crippen molar-refractivity contribution in [3.05, 3.63) is 35.4 Å². The van der Waals surface area contributed by atoms with E-state index in [1.807, 2.05) is 0 Å². The van der Waals surface area contributed by atoms with Crippen LogP contribution in [0.25, 0.3) is 0 Å². The first-order chi connectivity index (χ1) is 9.65. The number of methoxy groups -OCH3 is 1. The maximum atomic E-state index is 13.8. The maximum absolute atomic E-state index is 13.8. The zero-order chi connectivity index (χ0) is 14.5. The molecule has 0 saturated carbocycles. The average Bonchev–Trinajstić information content (AvgIpc) is 2.96. The summed E-state index contributed by atoms with van der Waals surface area (Å²) in [7, 11) is 1.55. The third-order valence-electron chi connectivity index (χ3n) is 3.33. The number of nitrogens with zero attached hydrogens (tertiary/aromatic N) is 1. The quantitative estimate of drug-likeness (QED) is 0.837. The Balaban J connectivity index is 2.22. The number of hydrogen-bond acceptors (Lipinski definition) is 3. The van der Waals surface area contributed by atoms with Gasteiger partial charge in [0.1, 0.15) is 0 Å². The third-order valence-corrected chi connectivity index (χ3v) is 4.47. The van der Waals surface area contributed by atoms with Gasteiger partial charge in [0.05, 0.1) is 12.2 Å². The minimum Gasteiger partial charge on any atom is -0.383 e. The van der Waals surface area contributed by atoms with E-state index in [9.17, 15) is 13.6 Å². The van der Waals surface area contributed by atoms with Crippen molar-refractivity contribution in [1.29, 1.82) is 0 Å². The minimum absolute atomic E-state index is 0.0605. The molecule has 20 heavy (non-hydrogen) atoms. The lowest BCUT2D eigenvalue weighted by molar-refractivity contribution is 0.0619. The average molecular weight is 301 g/mol. The monoisotopic (exact) mass is 301 g/mol. The lowest BCUT2D eigenvalue weighted by Crippen LogP contribution is -2.42. The Morgan fingerprint density at radius 1 is 1.50 bits per heavy atom. The number of hydrogen-bond donors (Lipinski definition) is 0. The Hall–Kier alpha value is -1.14. The zero-order valence-electron chi connectivity index (χ0n) is 11.3.